The van der Waals surface area contributed by atoms with Gasteiger partial charge in [0.05, 0.1) is 6.54 Å². The molecule has 5 heteroatoms. The van der Waals surface area contributed by atoms with Gasteiger partial charge in [-0.15, -0.1) is 0 Å². The van der Waals surface area contributed by atoms with E-state index in [0.717, 1.165) is 5.56 Å². The Kier molecular flexibility index (Phi) is 3.90. The van der Waals surface area contributed by atoms with Crippen LogP contribution >= 0.6 is 23.2 Å². The van der Waals surface area contributed by atoms with Crippen LogP contribution < -0.4 is 0 Å². The molecule has 1 rings (SSSR count). The molecular formula is C8H6Cl2N2O. The van der Waals surface area contributed by atoms with Gasteiger partial charge in [0.2, 0.25) is 6.08 Å². The third-order valence-electron chi connectivity index (χ3n) is 1.40. The maximum atomic E-state index is 9.77. The van der Waals surface area contributed by atoms with Crippen molar-refractivity contribution >= 4 is 29.3 Å². The minimum atomic E-state index is 0.345. The molecule has 0 atom stereocenters. The van der Waals surface area contributed by atoms with Crippen molar-refractivity contribution < 1.29 is 4.79 Å². The molecule has 0 saturated heterocycles. The Morgan fingerprint density at radius 1 is 1.38 bits per heavy atom. The summed E-state index contributed by atoms with van der Waals surface area (Å²) in [5, 5.41) is 0.690. The van der Waals surface area contributed by atoms with E-state index in [2.05, 4.69) is 9.98 Å². The van der Waals surface area contributed by atoms with Crippen LogP contribution in [0.1, 0.15) is 5.56 Å². The summed E-state index contributed by atoms with van der Waals surface area (Å²) in [6.07, 6.45) is 2.07. The summed E-state index contributed by atoms with van der Waals surface area (Å²) in [5.74, 6) is 0. The van der Waals surface area contributed by atoms with Gasteiger partial charge in [0, 0.05) is 0 Å². The second-order valence-electron chi connectivity index (χ2n) is 2.34. The molecule has 1 aromatic heterocycles. The monoisotopic (exact) mass is 216 g/mol. The number of aromatic nitrogens is 1. The first-order valence-corrected chi connectivity index (χ1v) is 4.33. The van der Waals surface area contributed by atoms with E-state index in [1.807, 2.05) is 0 Å². The molecule has 0 saturated carbocycles. The normalized spacial score (nSPS) is 9.38. The number of rotatable bonds is 3. The lowest BCUT2D eigenvalue weighted by Gasteiger charge is -1.98. The number of carbonyl (C=O) groups excluding carboxylic acids is 1. The van der Waals surface area contributed by atoms with Crippen molar-refractivity contribution in [3.8, 4) is 0 Å². The second-order valence-corrected chi connectivity index (χ2v) is 3.12. The van der Waals surface area contributed by atoms with Crippen molar-refractivity contribution in [1.29, 1.82) is 0 Å². The van der Waals surface area contributed by atoms with Crippen LogP contribution in [0.5, 0.6) is 0 Å². The molecule has 0 spiro atoms. The lowest BCUT2D eigenvalue weighted by molar-refractivity contribution is 0.563. The largest absolute Gasteiger partial charge is 0.234 e. The van der Waals surface area contributed by atoms with Gasteiger partial charge >= 0.3 is 0 Å². The van der Waals surface area contributed by atoms with E-state index in [1.165, 1.54) is 6.08 Å². The van der Waals surface area contributed by atoms with E-state index >= 15 is 0 Å². The number of aliphatic imine (C=N–C) groups is 1. The van der Waals surface area contributed by atoms with Gasteiger partial charge in [-0.2, -0.15) is 0 Å². The molecular weight excluding hydrogens is 211 g/mol. The zero-order valence-corrected chi connectivity index (χ0v) is 8.14. The minimum Gasteiger partial charge on any atom is -0.224 e. The highest BCUT2D eigenvalue weighted by molar-refractivity contribution is 6.32. The van der Waals surface area contributed by atoms with E-state index in [9.17, 15) is 4.79 Å². The molecule has 0 aliphatic rings. The van der Waals surface area contributed by atoms with Gasteiger partial charge in [-0.3, -0.25) is 0 Å². The number of halogens is 2. The Bertz CT molecular complexity index is 328. The molecule has 0 fully saturated rings. The standard InChI is InChI=1S/C8H6Cl2N2O/c9-7-3-6(1-2-11-5-13)4-8(10)12-7/h3-4H,1-2H2. The van der Waals surface area contributed by atoms with Gasteiger partial charge in [0.15, 0.2) is 0 Å². The van der Waals surface area contributed by atoms with Crippen LogP contribution in [-0.2, 0) is 11.2 Å². The molecule has 0 unspecified atom stereocenters. The number of isocyanates is 1. The molecule has 0 bridgehead atoms. The molecule has 0 aliphatic carbocycles. The molecule has 1 aromatic rings. The van der Waals surface area contributed by atoms with Crippen molar-refractivity contribution in [1.82, 2.24) is 4.98 Å². The summed E-state index contributed by atoms with van der Waals surface area (Å²) in [5.41, 5.74) is 0.906. The van der Waals surface area contributed by atoms with Crippen molar-refractivity contribution in [3.63, 3.8) is 0 Å². The lowest BCUT2D eigenvalue weighted by Crippen LogP contribution is -1.90. The van der Waals surface area contributed by atoms with Crippen LogP contribution in [-0.4, -0.2) is 17.6 Å². The fourth-order valence-electron chi connectivity index (χ4n) is 0.889. The van der Waals surface area contributed by atoms with Gasteiger partial charge in [-0.1, -0.05) is 23.2 Å². The fourth-order valence-corrected chi connectivity index (χ4v) is 1.39. The number of hydrogen-bond acceptors (Lipinski definition) is 3. The predicted octanol–water partition coefficient (Wildman–Crippen LogP) is 2.27. The molecule has 68 valence electrons. The number of nitrogens with zero attached hydrogens (tertiary/aromatic N) is 2. The van der Waals surface area contributed by atoms with Crippen LogP contribution in [0, 0.1) is 0 Å². The highest BCUT2D eigenvalue weighted by Gasteiger charge is 1.98. The van der Waals surface area contributed by atoms with Gasteiger partial charge in [-0.05, 0) is 24.1 Å². The van der Waals surface area contributed by atoms with Crippen molar-refractivity contribution in [2.45, 2.75) is 6.42 Å². The summed E-state index contributed by atoms with van der Waals surface area (Å²) in [6, 6.07) is 3.38. The van der Waals surface area contributed by atoms with Crippen LogP contribution in [0.3, 0.4) is 0 Å². The lowest BCUT2D eigenvalue weighted by atomic mass is 10.2. The molecule has 0 aromatic carbocycles. The van der Waals surface area contributed by atoms with Crippen LogP contribution in [0.2, 0.25) is 10.3 Å². The number of hydrogen-bond donors (Lipinski definition) is 0. The van der Waals surface area contributed by atoms with Crippen molar-refractivity contribution in [3.05, 3.63) is 28.0 Å². The third kappa shape index (κ3) is 3.55. The fraction of sp³-hybridized carbons (Fsp3) is 0.250. The molecule has 0 amide bonds. The Hall–Kier alpha value is -0.890. The highest BCUT2D eigenvalue weighted by Crippen LogP contribution is 2.14. The molecule has 13 heavy (non-hydrogen) atoms. The van der Waals surface area contributed by atoms with Crippen molar-refractivity contribution in [2.24, 2.45) is 4.99 Å². The summed E-state index contributed by atoms with van der Waals surface area (Å²) in [4.78, 5) is 17.0. The minimum absolute atomic E-state index is 0.345. The van der Waals surface area contributed by atoms with Gasteiger partial charge in [0.25, 0.3) is 0 Å². The summed E-state index contributed by atoms with van der Waals surface area (Å²) in [6.45, 7) is 0.389. The maximum absolute atomic E-state index is 9.77. The molecule has 0 radical (unpaired) electrons. The summed E-state index contributed by atoms with van der Waals surface area (Å²) in [7, 11) is 0. The average Bonchev–Trinajstić information content (AvgIpc) is 2.03. The smallest absolute Gasteiger partial charge is 0.224 e. The predicted molar refractivity (Wildman–Crippen MR) is 50.9 cm³/mol. The zero-order chi connectivity index (χ0) is 9.68. The summed E-state index contributed by atoms with van der Waals surface area (Å²) >= 11 is 11.3. The molecule has 3 nitrogen and oxygen atoms in total. The van der Waals surface area contributed by atoms with Gasteiger partial charge in [0.1, 0.15) is 10.3 Å². The van der Waals surface area contributed by atoms with Gasteiger partial charge < -0.3 is 0 Å². The van der Waals surface area contributed by atoms with E-state index in [-0.39, 0.29) is 0 Å². The van der Waals surface area contributed by atoms with Crippen LogP contribution in [0.4, 0.5) is 0 Å². The SMILES string of the molecule is O=C=NCCc1cc(Cl)nc(Cl)c1. The van der Waals surface area contributed by atoms with Crippen LogP contribution in [0.15, 0.2) is 17.1 Å². The first-order chi connectivity index (χ1) is 6.22. The van der Waals surface area contributed by atoms with E-state index in [0.29, 0.717) is 23.3 Å². The molecule has 1 heterocycles. The van der Waals surface area contributed by atoms with E-state index in [1.54, 1.807) is 12.1 Å². The first kappa shape index (κ1) is 10.2. The highest BCUT2D eigenvalue weighted by atomic mass is 35.5. The maximum Gasteiger partial charge on any atom is 0.234 e. The Balaban J connectivity index is 2.71. The van der Waals surface area contributed by atoms with Crippen LogP contribution in [0.25, 0.3) is 0 Å². The Morgan fingerprint density at radius 3 is 2.54 bits per heavy atom. The molecule has 0 aliphatic heterocycles. The van der Waals surface area contributed by atoms with E-state index < -0.39 is 0 Å². The quantitative estimate of drug-likeness (QED) is 0.442. The van der Waals surface area contributed by atoms with Crippen molar-refractivity contribution in [2.75, 3.05) is 6.54 Å². The topological polar surface area (TPSA) is 42.3 Å². The third-order valence-corrected chi connectivity index (χ3v) is 1.79. The number of pyridine rings is 1. The average molecular weight is 217 g/mol. The van der Waals surface area contributed by atoms with Gasteiger partial charge in [-0.25, -0.2) is 14.8 Å². The Labute approximate surface area is 85.4 Å². The Morgan fingerprint density at radius 2 is 2.00 bits per heavy atom. The summed E-state index contributed by atoms with van der Waals surface area (Å²) < 4.78 is 0. The first-order valence-electron chi connectivity index (χ1n) is 3.58. The zero-order valence-electron chi connectivity index (χ0n) is 6.63. The molecule has 0 N–H and O–H groups in total. The second kappa shape index (κ2) is 4.97. The van der Waals surface area contributed by atoms with E-state index in [4.69, 9.17) is 23.2 Å².